The second-order valence-corrected chi connectivity index (χ2v) is 3.64. The molecule has 0 saturated carbocycles. The molecule has 1 aliphatic heterocycles. The summed E-state index contributed by atoms with van der Waals surface area (Å²) in [5, 5.41) is 3.36. The van der Waals surface area contributed by atoms with E-state index in [1.807, 2.05) is 0 Å². The summed E-state index contributed by atoms with van der Waals surface area (Å²) in [5.41, 5.74) is 1.63. The molecule has 0 bridgehead atoms. The van der Waals surface area contributed by atoms with Gasteiger partial charge in [-0.1, -0.05) is 37.8 Å². The molecule has 0 aliphatic carbocycles. The minimum absolute atomic E-state index is 1.15. The fourth-order valence-corrected chi connectivity index (χ4v) is 1.64. The Kier molecular flexibility index (Phi) is 5.09. The van der Waals surface area contributed by atoms with E-state index in [1.54, 1.807) is 5.57 Å². The highest BCUT2D eigenvalue weighted by Gasteiger charge is 2.03. The molecule has 1 saturated heterocycles. The number of allylic oxidation sites excluding steroid dienone is 1. The van der Waals surface area contributed by atoms with Crippen LogP contribution < -0.4 is 5.32 Å². The van der Waals surface area contributed by atoms with Crippen molar-refractivity contribution in [1.82, 2.24) is 5.32 Å². The van der Waals surface area contributed by atoms with E-state index < -0.39 is 0 Å². The van der Waals surface area contributed by atoms with Crippen molar-refractivity contribution in [3.63, 3.8) is 0 Å². The van der Waals surface area contributed by atoms with Gasteiger partial charge < -0.3 is 5.32 Å². The van der Waals surface area contributed by atoms with Gasteiger partial charge >= 0.3 is 0 Å². The molecule has 70 valence electrons. The number of hydrogen-bond acceptors (Lipinski definition) is 1. The van der Waals surface area contributed by atoms with Crippen LogP contribution in [0.2, 0.25) is 0 Å². The molecule has 1 heteroatoms. The third kappa shape index (κ3) is 3.91. The standard InChI is InChI=1S/C11H21N/c1-2-3-4-5-6-7-11-8-9-12-10-11/h7,12H,2-6,8-10H2,1H3. The summed E-state index contributed by atoms with van der Waals surface area (Å²) in [6.45, 7) is 4.61. The maximum absolute atomic E-state index is 3.36. The average Bonchev–Trinajstić information content (AvgIpc) is 2.57. The van der Waals surface area contributed by atoms with E-state index in [-0.39, 0.29) is 0 Å². The van der Waals surface area contributed by atoms with Crippen molar-refractivity contribution >= 4 is 0 Å². The average molecular weight is 167 g/mol. The Morgan fingerprint density at radius 1 is 1.33 bits per heavy atom. The highest BCUT2D eigenvalue weighted by Crippen LogP contribution is 2.09. The highest BCUT2D eigenvalue weighted by atomic mass is 14.9. The molecule has 1 aliphatic rings. The summed E-state index contributed by atoms with van der Waals surface area (Å²) in [6.07, 6.45) is 10.6. The van der Waals surface area contributed by atoms with E-state index in [4.69, 9.17) is 0 Å². The van der Waals surface area contributed by atoms with Gasteiger partial charge in [0.1, 0.15) is 0 Å². The fraction of sp³-hybridized carbons (Fsp3) is 0.818. The molecule has 0 unspecified atom stereocenters. The lowest BCUT2D eigenvalue weighted by molar-refractivity contribution is 0.673. The minimum Gasteiger partial charge on any atom is -0.313 e. The molecule has 1 rings (SSSR count). The predicted octanol–water partition coefficient (Wildman–Crippen LogP) is 2.88. The van der Waals surface area contributed by atoms with Crippen molar-refractivity contribution in [3.8, 4) is 0 Å². The van der Waals surface area contributed by atoms with Gasteiger partial charge in [0.2, 0.25) is 0 Å². The van der Waals surface area contributed by atoms with Gasteiger partial charge in [0.15, 0.2) is 0 Å². The van der Waals surface area contributed by atoms with Crippen LogP contribution in [0, 0.1) is 0 Å². The zero-order valence-electron chi connectivity index (χ0n) is 8.23. The van der Waals surface area contributed by atoms with Gasteiger partial charge in [0.25, 0.3) is 0 Å². The van der Waals surface area contributed by atoms with E-state index in [9.17, 15) is 0 Å². The van der Waals surface area contributed by atoms with E-state index >= 15 is 0 Å². The van der Waals surface area contributed by atoms with Crippen molar-refractivity contribution in [3.05, 3.63) is 11.6 Å². The molecular formula is C11H21N. The molecule has 0 aromatic heterocycles. The molecular weight excluding hydrogens is 146 g/mol. The Labute approximate surface area is 76.2 Å². The van der Waals surface area contributed by atoms with Gasteiger partial charge in [-0.15, -0.1) is 0 Å². The number of unbranched alkanes of at least 4 members (excludes halogenated alkanes) is 4. The van der Waals surface area contributed by atoms with Crippen molar-refractivity contribution < 1.29 is 0 Å². The Bertz CT molecular complexity index is 130. The van der Waals surface area contributed by atoms with Gasteiger partial charge in [0.05, 0.1) is 0 Å². The molecule has 0 aromatic carbocycles. The molecule has 0 atom stereocenters. The van der Waals surface area contributed by atoms with Crippen LogP contribution in [-0.2, 0) is 0 Å². The molecule has 0 amide bonds. The molecule has 0 spiro atoms. The first kappa shape index (κ1) is 9.79. The molecule has 1 N–H and O–H groups in total. The summed E-state index contributed by atoms with van der Waals surface area (Å²) in [6, 6.07) is 0. The number of rotatable bonds is 5. The topological polar surface area (TPSA) is 12.0 Å². The van der Waals surface area contributed by atoms with Crippen LogP contribution in [0.4, 0.5) is 0 Å². The zero-order valence-corrected chi connectivity index (χ0v) is 8.23. The monoisotopic (exact) mass is 167 g/mol. The Morgan fingerprint density at radius 2 is 2.25 bits per heavy atom. The van der Waals surface area contributed by atoms with Gasteiger partial charge in [-0.05, 0) is 25.8 Å². The molecule has 12 heavy (non-hydrogen) atoms. The smallest absolute Gasteiger partial charge is 0.0165 e. The van der Waals surface area contributed by atoms with E-state index in [0.717, 1.165) is 6.54 Å². The SMILES string of the molecule is CCCCCCC=C1CCNC1. The van der Waals surface area contributed by atoms with E-state index in [0.29, 0.717) is 0 Å². The molecule has 1 fully saturated rings. The lowest BCUT2D eigenvalue weighted by atomic mass is 10.1. The first-order valence-corrected chi connectivity index (χ1v) is 5.32. The summed E-state index contributed by atoms with van der Waals surface area (Å²) < 4.78 is 0. The van der Waals surface area contributed by atoms with Crippen LogP contribution in [0.25, 0.3) is 0 Å². The van der Waals surface area contributed by atoms with Crippen molar-refractivity contribution in [2.75, 3.05) is 13.1 Å². The number of hydrogen-bond donors (Lipinski definition) is 1. The second kappa shape index (κ2) is 6.24. The lowest BCUT2D eigenvalue weighted by Gasteiger charge is -1.96. The predicted molar refractivity (Wildman–Crippen MR) is 54.3 cm³/mol. The second-order valence-electron chi connectivity index (χ2n) is 3.64. The summed E-state index contributed by atoms with van der Waals surface area (Å²) in [7, 11) is 0. The fourth-order valence-electron chi connectivity index (χ4n) is 1.64. The normalized spacial score (nSPS) is 20.6. The molecule has 1 heterocycles. The van der Waals surface area contributed by atoms with Gasteiger partial charge in [-0.25, -0.2) is 0 Å². The Hall–Kier alpha value is -0.300. The zero-order chi connectivity index (χ0) is 8.65. The van der Waals surface area contributed by atoms with Crippen LogP contribution in [0.15, 0.2) is 11.6 Å². The third-order valence-electron chi connectivity index (χ3n) is 2.47. The summed E-state index contributed by atoms with van der Waals surface area (Å²) in [4.78, 5) is 0. The van der Waals surface area contributed by atoms with E-state index in [2.05, 4.69) is 18.3 Å². The quantitative estimate of drug-likeness (QED) is 0.490. The van der Waals surface area contributed by atoms with Gasteiger partial charge in [-0.2, -0.15) is 0 Å². The van der Waals surface area contributed by atoms with Gasteiger partial charge in [0, 0.05) is 6.54 Å². The summed E-state index contributed by atoms with van der Waals surface area (Å²) >= 11 is 0. The van der Waals surface area contributed by atoms with Crippen LogP contribution in [0.3, 0.4) is 0 Å². The van der Waals surface area contributed by atoms with Crippen LogP contribution >= 0.6 is 0 Å². The Morgan fingerprint density at radius 3 is 2.92 bits per heavy atom. The minimum atomic E-state index is 1.15. The summed E-state index contributed by atoms with van der Waals surface area (Å²) in [5.74, 6) is 0. The molecule has 0 aromatic rings. The van der Waals surface area contributed by atoms with Crippen molar-refractivity contribution in [1.29, 1.82) is 0 Å². The number of nitrogens with one attached hydrogen (secondary N) is 1. The molecule has 0 radical (unpaired) electrons. The maximum Gasteiger partial charge on any atom is 0.0165 e. The van der Waals surface area contributed by atoms with E-state index in [1.165, 1.54) is 45.1 Å². The lowest BCUT2D eigenvalue weighted by Crippen LogP contribution is -2.04. The maximum atomic E-state index is 3.36. The van der Waals surface area contributed by atoms with Crippen LogP contribution in [0.1, 0.15) is 45.4 Å². The van der Waals surface area contributed by atoms with Gasteiger partial charge in [-0.3, -0.25) is 0 Å². The van der Waals surface area contributed by atoms with Crippen molar-refractivity contribution in [2.45, 2.75) is 45.4 Å². The molecule has 1 nitrogen and oxygen atoms in total. The first-order chi connectivity index (χ1) is 5.93. The highest BCUT2D eigenvalue weighted by molar-refractivity contribution is 5.08. The Balaban J connectivity index is 1.96. The third-order valence-corrected chi connectivity index (χ3v) is 2.47. The van der Waals surface area contributed by atoms with Crippen LogP contribution in [0.5, 0.6) is 0 Å². The van der Waals surface area contributed by atoms with Crippen molar-refractivity contribution in [2.24, 2.45) is 0 Å². The largest absolute Gasteiger partial charge is 0.313 e. The first-order valence-electron chi connectivity index (χ1n) is 5.32. The van der Waals surface area contributed by atoms with Crippen LogP contribution in [-0.4, -0.2) is 13.1 Å².